The van der Waals surface area contributed by atoms with E-state index in [0.717, 1.165) is 72.8 Å². The number of aromatic nitrogens is 4. The smallest absolute Gasteiger partial charge is 0.191 e. The van der Waals surface area contributed by atoms with Crippen molar-refractivity contribution in [3.63, 3.8) is 0 Å². The van der Waals surface area contributed by atoms with E-state index in [1.165, 1.54) is 5.56 Å². The number of ether oxygens (including phenoxy) is 1. The third-order valence-corrected chi connectivity index (χ3v) is 7.18. The SMILES string of the molecule is C.CC(Cn1ncc2c(Nc3cccc(Cl)c3)nc(SCCN3CCOCC3)nc21)c1ccccc1. The molecule has 1 aliphatic heterocycles. The molecule has 2 aromatic heterocycles. The first-order valence-electron chi connectivity index (χ1n) is 11.9. The van der Waals surface area contributed by atoms with Crippen molar-refractivity contribution in [3.8, 4) is 0 Å². The number of anilines is 2. The summed E-state index contributed by atoms with van der Waals surface area (Å²) in [6.45, 7) is 7.50. The van der Waals surface area contributed by atoms with Crippen molar-refractivity contribution in [3.05, 3.63) is 71.4 Å². The van der Waals surface area contributed by atoms with Gasteiger partial charge >= 0.3 is 0 Å². The normalized spacial score (nSPS) is 14.9. The molecule has 1 saturated heterocycles. The lowest BCUT2D eigenvalue weighted by Gasteiger charge is -2.26. The number of rotatable bonds is 9. The molecule has 3 heterocycles. The molecule has 0 bridgehead atoms. The van der Waals surface area contributed by atoms with Crippen LogP contribution in [0.15, 0.2) is 66.0 Å². The van der Waals surface area contributed by atoms with Gasteiger partial charge in [-0.15, -0.1) is 0 Å². The van der Waals surface area contributed by atoms with E-state index < -0.39 is 0 Å². The van der Waals surface area contributed by atoms with Crippen LogP contribution in [0.3, 0.4) is 0 Å². The van der Waals surface area contributed by atoms with Gasteiger partial charge in [0.1, 0.15) is 5.82 Å². The van der Waals surface area contributed by atoms with E-state index in [1.807, 2.05) is 41.2 Å². The zero-order valence-corrected chi connectivity index (χ0v) is 21.3. The largest absolute Gasteiger partial charge is 0.379 e. The Morgan fingerprint density at radius 3 is 2.67 bits per heavy atom. The lowest BCUT2D eigenvalue weighted by molar-refractivity contribution is 0.0410. The molecule has 1 atom stereocenters. The van der Waals surface area contributed by atoms with Gasteiger partial charge in [-0.2, -0.15) is 5.10 Å². The van der Waals surface area contributed by atoms with E-state index in [1.54, 1.807) is 11.8 Å². The number of hydrogen-bond acceptors (Lipinski definition) is 7. The third kappa shape index (κ3) is 6.56. The summed E-state index contributed by atoms with van der Waals surface area (Å²) in [6.07, 6.45) is 1.85. The highest BCUT2D eigenvalue weighted by Gasteiger charge is 2.17. The first kappa shape index (κ1) is 26.4. The van der Waals surface area contributed by atoms with Gasteiger partial charge < -0.3 is 10.1 Å². The Morgan fingerprint density at radius 2 is 1.89 bits per heavy atom. The summed E-state index contributed by atoms with van der Waals surface area (Å²) in [5.74, 6) is 1.96. The van der Waals surface area contributed by atoms with Crippen LogP contribution in [0.4, 0.5) is 11.5 Å². The van der Waals surface area contributed by atoms with Crippen LogP contribution in [-0.4, -0.2) is 63.2 Å². The van der Waals surface area contributed by atoms with Crippen molar-refractivity contribution in [2.45, 2.75) is 32.0 Å². The highest BCUT2D eigenvalue weighted by Crippen LogP contribution is 2.29. The fourth-order valence-electron chi connectivity index (χ4n) is 4.17. The maximum Gasteiger partial charge on any atom is 0.191 e. The number of morpholine rings is 1. The van der Waals surface area contributed by atoms with Gasteiger partial charge in [-0.05, 0) is 23.8 Å². The van der Waals surface area contributed by atoms with Crippen LogP contribution in [0.1, 0.15) is 25.8 Å². The van der Waals surface area contributed by atoms with E-state index >= 15 is 0 Å². The predicted molar refractivity (Wildman–Crippen MR) is 150 cm³/mol. The van der Waals surface area contributed by atoms with Crippen molar-refractivity contribution < 1.29 is 4.74 Å². The minimum atomic E-state index is 0. The molecule has 0 spiro atoms. The van der Waals surface area contributed by atoms with Crippen molar-refractivity contribution >= 4 is 45.9 Å². The van der Waals surface area contributed by atoms with Crippen LogP contribution in [0.2, 0.25) is 5.02 Å². The zero-order chi connectivity index (χ0) is 24.0. The summed E-state index contributed by atoms with van der Waals surface area (Å²) < 4.78 is 7.45. The van der Waals surface area contributed by atoms with E-state index in [2.05, 4.69) is 41.4 Å². The molecule has 2 aromatic carbocycles. The minimum Gasteiger partial charge on any atom is -0.379 e. The first-order valence-corrected chi connectivity index (χ1v) is 13.3. The number of nitrogens with zero attached hydrogens (tertiary/aromatic N) is 5. The Bertz CT molecular complexity index is 1260. The fourth-order valence-corrected chi connectivity index (χ4v) is 5.20. The average molecular weight is 525 g/mol. The first-order chi connectivity index (χ1) is 17.2. The van der Waals surface area contributed by atoms with Gasteiger partial charge in [0, 0.05) is 48.6 Å². The van der Waals surface area contributed by atoms with Crippen LogP contribution in [0.5, 0.6) is 0 Å². The molecule has 9 heteroatoms. The molecule has 5 rings (SSSR count). The van der Waals surface area contributed by atoms with E-state index in [9.17, 15) is 0 Å². The molecule has 1 fully saturated rings. The lowest BCUT2D eigenvalue weighted by atomic mass is 10.0. The van der Waals surface area contributed by atoms with E-state index in [4.69, 9.17) is 31.4 Å². The summed E-state index contributed by atoms with van der Waals surface area (Å²) in [5.41, 5.74) is 3.00. The van der Waals surface area contributed by atoms with Crippen molar-refractivity contribution in [2.24, 2.45) is 0 Å². The average Bonchev–Trinajstić information content (AvgIpc) is 3.28. The fraction of sp³-hybridized carbons (Fsp3) is 0.370. The Kier molecular flexibility index (Phi) is 9.20. The van der Waals surface area contributed by atoms with E-state index in [-0.39, 0.29) is 7.43 Å². The second-order valence-electron chi connectivity index (χ2n) is 8.67. The summed E-state index contributed by atoms with van der Waals surface area (Å²) in [6, 6.07) is 18.2. The molecule has 0 saturated carbocycles. The van der Waals surface area contributed by atoms with Gasteiger partial charge in [0.05, 0.1) is 24.8 Å². The molecular weight excluding hydrogens is 492 g/mol. The molecular formula is C27H33ClN6OS. The molecule has 4 aromatic rings. The number of hydrogen-bond donors (Lipinski definition) is 1. The molecule has 0 aliphatic carbocycles. The molecule has 0 radical (unpaired) electrons. The van der Waals surface area contributed by atoms with Gasteiger partial charge in [-0.1, -0.05) is 74.1 Å². The Morgan fingerprint density at radius 1 is 1.08 bits per heavy atom. The van der Waals surface area contributed by atoms with Crippen LogP contribution in [0.25, 0.3) is 11.0 Å². The van der Waals surface area contributed by atoms with Crippen LogP contribution in [0, 0.1) is 0 Å². The number of benzene rings is 2. The molecule has 1 unspecified atom stereocenters. The lowest BCUT2D eigenvalue weighted by Crippen LogP contribution is -2.37. The Labute approximate surface area is 222 Å². The highest BCUT2D eigenvalue weighted by atomic mass is 35.5. The maximum absolute atomic E-state index is 6.22. The molecule has 1 N–H and O–H groups in total. The molecule has 36 heavy (non-hydrogen) atoms. The summed E-state index contributed by atoms with van der Waals surface area (Å²) >= 11 is 7.89. The second kappa shape index (κ2) is 12.5. The van der Waals surface area contributed by atoms with Crippen LogP contribution >= 0.6 is 23.4 Å². The van der Waals surface area contributed by atoms with Crippen LogP contribution < -0.4 is 5.32 Å². The quantitative estimate of drug-likeness (QED) is 0.210. The predicted octanol–water partition coefficient (Wildman–Crippen LogP) is 6.09. The molecule has 7 nitrogen and oxygen atoms in total. The minimum absolute atomic E-state index is 0. The number of thioether (sulfide) groups is 1. The number of nitrogens with one attached hydrogen (secondary N) is 1. The Hall–Kier alpha value is -2.65. The third-order valence-electron chi connectivity index (χ3n) is 6.12. The summed E-state index contributed by atoms with van der Waals surface area (Å²) in [5, 5.41) is 10.4. The number of fused-ring (bicyclic) bond motifs is 1. The van der Waals surface area contributed by atoms with Crippen LogP contribution in [-0.2, 0) is 11.3 Å². The molecule has 1 aliphatic rings. The van der Waals surface area contributed by atoms with Crippen molar-refractivity contribution in [1.82, 2.24) is 24.6 Å². The monoisotopic (exact) mass is 524 g/mol. The molecule has 0 amide bonds. The number of halogens is 1. The van der Waals surface area contributed by atoms with Crippen molar-refractivity contribution in [1.29, 1.82) is 0 Å². The topological polar surface area (TPSA) is 68.1 Å². The van der Waals surface area contributed by atoms with Gasteiger partial charge in [0.15, 0.2) is 10.8 Å². The Balaban J connectivity index is 0.00000304. The zero-order valence-electron chi connectivity index (χ0n) is 19.7. The standard InChI is InChI=1S/C26H29ClN6OS.CH4/c1-19(20-6-3-2-4-7-20)18-33-25-23(17-28-33)24(29-22-9-5-8-21(27)16-22)30-26(31-25)35-15-12-32-10-13-34-14-11-32;/h2-9,16-17,19H,10-15,18H2,1H3,(H,29,30,31);1H4. The van der Waals surface area contributed by atoms with Gasteiger partial charge in [0.25, 0.3) is 0 Å². The summed E-state index contributed by atoms with van der Waals surface area (Å²) in [7, 11) is 0. The molecule has 190 valence electrons. The van der Waals surface area contributed by atoms with Gasteiger partial charge in [-0.25, -0.2) is 14.6 Å². The highest BCUT2D eigenvalue weighted by molar-refractivity contribution is 7.99. The maximum atomic E-state index is 6.22. The summed E-state index contributed by atoms with van der Waals surface area (Å²) in [4.78, 5) is 12.2. The van der Waals surface area contributed by atoms with Gasteiger partial charge in [-0.3, -0.25) is 4.90 Å². The van der Waals surface area contributed by atoms with Gasteiger partial charge in [0.2, 0.25) is 0 Å². The van der Waals surface area contributed by atoms with E-state index in [0.29, 0.717) is 10.9 Å². The second-order valence-corrected chi connectivity index (χ2v) is 10.2. The van der Waals surface area contributed by atoms with Crippen molar-refractivity contribution in [2.75, 3.05) is 43.9 Å².